The molecule has 0 saturated heterocycles. The molecular weight excluding hydrogens is 999 g/mol. The third kappa shape index (κ3) is 20.8. The average Bonchev–Trinajstić information content (AvgIpc) is 4.03. The van der Waals surface area contributed by atoms with E-state index in [-0.39, 0.29) is 67.4 Å². The smallest absolute Gasteiger partial charge is 0.407 e. The molecule has 424 valence electrons. The highest BCUT2D eigenvalue weighted by molar-refractivity contribution is 7.99. The van der Waals surface area contributed by atoms with Gasteiger partial charge in [0.05, 0.1) is 0 Å². The van der Waals surface area contributed by atoms with Gasteiger partial charge in [-0.05, 0) is 76.6 Å². The van der Waals surface area contributed by atoms with Crippen LogP contribution in [0.4, 0.5) is 9.59 Å². The SMILES string of the molecule is CCCCCCCCCCCC(=O)OC[C@H](CSC[C@H](NC(=O)OCC1c2ccccc2-c2ccccc21)C(=O)NCCCCCNC(=O)OCC1c2ccccc2-c2ccccc21)OC(=O)CCCCCCCCCCC. The zero-order valence-electron chi connectivity index (χ0n) is 46.8. The van der Waals surface area contributed by atoms with Gasteiger partial charge in [-0.1, -0.05) is 214 Å². The average molecular weight is 1090 g/mol. The second kappa shape index (κ2) is 35.6. The van der Waals surface area contributed by atoms with Crippen molar-refractivity contribution in [1.82, 2.24) is 16.0 Å². The molecule has 3 amide bonds. The normalized spacial score (nSPS) is 13.1. The number of carbonyl (C=O) groups excluding carboxylic acids is 5. The second-order valence-electron chi connectivity index (χ2n) is 21.1. The van der Waals surface area contributed by atoms with Gasteiger partial charge in [0.1, 0.15) is 32.0 Å². The van der Waals surface area contributed by atoms with Gasteiger partial charge in [-0.25, -0.2) is 9.59 Å². The number of ether oxygens (including phenoxy) is 4. The van der Waals surface area contributed by atoms with E-state index in [1.807, 2.05) is 48.5 Å². The molecule has 4 aromatic carbocycles. The Balaban J connectivity index is 0.979. The molecule has 0 aromatic heterocycles. The van der Waals surface area contributed by atoms with E-state index in [1.165, 1.54) is 93.5 Å². The highest BCUT2D eigenvalue weighted by Crippen LogP contribution is 2.45. The summed E-state index contributed by atoms with van der Waals surface area (Å²) >= 11 is 1.34. The molecule has 0 unspecified atom stereocenters. The van der Waals surface area contributed by atoms with E-state index in [0.29, 0.717) is 32.4 Å². The summed E-state index contributed by atoms with van der Waals surface area (Å²) in [6.07, 6.45) is 21.2. The summed E-state index contributed by atoms with van der Waals surface area (Å²) in [7, 11) is 0. The van der Waals surface area contributed by atoms with Crippen LogP contribution in [-0.4, -0.2) is 86.6 Å². The van der Waals surface area contributed by atoms with Crippen LogP contribution in [0.3, 0.4) is 0 Å². The lowest BCUT2D eigenvalue weighted by molar-refractivity contribution is -0.157. The Morgan fingerprint density at radius 2 is 0.846 bits per heavy atom. The van der Waals surface area contributed by atoms with Crippen molar-refractivity contribution in [2.75, 3.05) is 44.4 Å². The molecule has 0 radical (unpaired) electrons. The monoisotopic (exact) mass is 1090 g/mol. The molecule has 0 aliphatic heterocycles. The molecule has 12 nitrogen and oxygen atoms in total. The molecule has 0 heterocycles. The van der Waals surface area contributed by atoms with Crippen LogP contribution in [0.25, 0.3) is 22.3 Å². The van der Waals surface area contributed by atoms with Gasteiger partial charge < -0.3 is 34.9 Å². The van der Waals surface area contributed by atoms with E-state index in [1.54, 1.807) is 0 Å². The largest absolute Gasteiger partial charge is 0.462 e. The van der Waals surface area contributed by atoms with E-state index in [4.69, 9.17) is 18.9 Å². The Hall–Kier alpha value is -5.82. The van der Waals surface area contributed by atoms with Crippen molar-refractivity contribution in [3.63, 3.8) is 0 Å². The molecule has 4 aromatic rings. The third-order valence-electron chi connectivity index (χ3n) is 15.0. The van der Waals surface area contributed by atoms with E-state index in [0.717, 1.165) is 84.7 Å². The minimum atomic E-state index is -0.978. The maximum atomic E-state index is 13.9. The number of carbonyl (C=O) groups is 5. The number of esters is 2. The predicted molar refractivity (Wildman–Crippen MR) is 314 cm³/mol. The molecule has 0 spiro atoms. The van der Waals surface area contributed by atoms with Crippen LogP contribution >= 0.6 is 11.8 Å². The van der Waals surface area contributed by atoms with Crippen LogP contribution in [0, 0.1) is 0 Å². The van der Waals surface area contributed by atoms with E-state index in [9.17, 15) is 24.0 Å². The lowest BCUT2D eigenvalue weighted by Gasteiger charge is -2.21. The van der Waals surface area contributed by atoms with Crippen molar-refractivity contribution in [2.45, 2.75) is 186 Å². The zero-order chi connectivity index (χ0) is 55.0. The molecule has 2 aliphatic rings. The molecular formula is C65H89N3O9S. The molecule has 78 heavy (non-hydrogen) atoms. The van der Waals surface area contributed by atoms with Crippen molar-refractivity contribution in [1.29, 1.82) is 0 Å². The quantitative estimate of drug-likeness (QED) is 0.0223. The number of alkyl carbamates (subject to hydrolysis) is 2. The van der Waals surface area contributed by atoms with E-state index >= 15 is 0 Å². The fourth-order valence-corrected chi connectivity index (χ4v) is 11.7. The first-order chi connectivity index (χ1) is 38.3. The van der Waals surface area contributed by atoms with Gasteiger partial charge in [0.15, 0.2) is 0 Å². The molecule has 0 saturated carbocycles. The summed E-state index contributed by atoms with van der Waals surface area (Å²) in [6.45, 7) is 5.47. The topological polar surface area (TPSA) is 158 Å². The molecule has 2 atom stereocenters. The van der Waals surface area contributed by atoms with Crippen molar-refractivity contribution >= 4 is 41.8 Å². The molecule has 0 bridgehead atoms. The summed E-state index contributed by atoms with van der Waals surface area (Å²) in [4.78, 5) is 66.4. The van der Waals surface area contributed by atoms with Crippen molar-refractivity contribution in [3.8, 4) is 22.3 Å². The maximum absolute atomic E-state index is 13.9. The lowest BCUT2D eigenvalue weighted by Crippen LogP contribution is -2.49. The number of unbranched alkanes of at least 4 members (excludes halogenated alkanes) is 18. The van der Waals surface area contributed by atoms with Gasteiger partial charge in [-0.15, -0.1) is 0 Å². The minimum Gasteiger partial charge on any atom is -0.462 e. The summed E-state index contributed by atoms with van der Waals surface area (Å²) in [5.74, 6) is -0.797. The first kappa shape index (κ1) is 61.4. The summed E-state index contributed by atoms with van der Waals surface area (Å²) in [5.41, 5.74) is 9.05. The van der Waals surface area contributed by atoms with Gasteiger partial charge in [-0.2, -0.15) is 11.8 Å². The number of amides is 3. The molecule has 2 aliphatic carbocycles. The maximum Gasteiger partial charge on any atom is 0.407 e. The van der Waals surface area contributed by atoms with Crippen LogP contribution in [0.2, 0.25) is 0 Å². The van der Waals surface area contributed by atoms with Crippen molar-refractivity contribution in [2.24, 2.45) is 0 Å². The fraction of sp³-hybridized carbons (Fsp3) is 0.554. The van der Waals surface area contributed by atoms with Crippen LogP contribution in [-0.2, 0) is 33.3 Å². The number of fused-ring (bicyclic) bond motifs is 6. The summed E-state index contributed by atoms with van der Waals surface area (Å²) in [5, 5.41) is 8.69. The van der Waals surface area contributed by atoms with Crippen LogP contribution in [0.1, 0.15) is 196 Å². The lowest BCUT2D eigenvalue weighted by atomic mass is 9.98. The number of rotatable bonds is 39. The van der Waals surface area contributed by atoms with Gasteiger partial charge in [-0.3, -0.25) is 14.4 Å². The number of nitrogens with one attached hydrogen (secondary N) is 3. The van der Waals surface area contributed by atoms with E-state index in [2.05, 4.69) is 78.3 Å². The Morgan fingerprint density at radius 3 is 1.32 bits per heavy atom. The standard InChI is InChI=1S/C65H89N3O9S/c1-3-5-7-9-11-13-15-17-20-40-61(69)74-44-49(77-62(70)41-21-18-16-14-12-10-8-6-4-2)47-78-48-60(68-65(73)76-46-59-56-38-28-24-34-52(56)53-35-25-29-39-57(53)59)63(71)66-42-30-19-31-43-67-64(72)75-45-58-54-36-26-22-32-50(54)51-33-23-27-37-55(51)58/h22-29,32-39,49,58-60H,3-21,30-31,40-48H2,1-2H3,(H,66,71)(H,67,72)(H,68,73)/t49-,60+/m1/s1. The highest BCUT2D eigenvalue weighted by atomic mass is 32.2. The first-order valence-electron chi connectivity index (χ1n) is 29.7. The van der Waals surface area contributed by atoms with Crippen LogP contribution < -0.4 is 16.0 Å². The van der Waals surface area contributed by atoms with Gasteiger partial charge >= 0.3 is 24.1 Å². The van der Waals surface area contributed by atoms with Gasteiger partial charge in [0.2, 0.25) is 5.91 Å². The highest BCUT2D eigenvalue weighted by Gasteiger charge is 2.31. The van der Waals surface area contributed by atoms with Gasteiger partial charge in [0, 0.05) is 49.3 Å². The second-order valence-corrected chi connectivity index (χ2v) is 22.2. The van der Waals surface area contributed by atoms with E-state index < -0.39 is 24.3 Å². The molecule has 6 rings (SSSR count). The summed E-state index contributed by atoms with van der Waals surface area (Å²) < 4.78 is 23.2. The Labute approximate surface area is 470 Å². The number of hydrogen-bond acceptors (Lipinski definition) is 10. The van der Waals surface area contributed by atoms with Gasteiger partial charge in [0.25, 0.3) is 0 Å². The number of hydrogen-bond donors (Lipinski definition) is 3. The zero-order valence-corrected chi connectivity index (χ0v) is 47.7. The number of benzene rings is 4. The van der Waals surface area contributed by atoms with Crippen molar-refractivity contribution in [3.05, 3.63) is 119 Å². The molecule has 0 fully saturated rings. The predicted octanol–water partition coefficient (Wildman–Crippen LogP) is 14.7. The van der Waals surface area contributed by atoms with Crippen LogP contribution in [0.15, 0.2) is 97.1 Å². The number of thioether (sulfide) groups is 1. The Morgan fingerprint density at radius 1 is 0.449 bits per heavy atom. The Bertz CT molecular complexity index is 2360. The fourth-order valence-electron chi connectivity index (χ4n) is 10.7. The molecule has 13 heteroatoms. The van der Waals surface area contributed by atoms with Crippen molar-refractivity contribution < 1.29 is 42.9 Å². The molecule has 3 N–H and O–H groups in total. The minimum absolute atomic E-state index is 0.0189. The third-order valence-corrected chi connectivity index (χ3v) is 16.2. The summed E-state index contributed by atoms with van der Waals surface area (Å²) in [6, 6.07) is 31.7. The Kier molecular flexibility index (Phi) is 28.1. The van der Waals surface area contributed by atoms with Crippen LogP contribution in [0.5, 0.6) is 0 Å². The first-order valence-corrected chi connectivity index (χ1v) is 30.8.